The Morgan fingerprint density at radius 3 is 2.74 bits per heavy atom. The fourth-order valence-electron chi connectivity index (χ4n) is 2.00. The van der Waals surface area contributed by atoms with Gasteiger partial charge in [-0.15, -0.1) is 11.3 Å². The Labute approximate surface area is 121 Å². The van der Waals surface area contributed by atoms with Crippen molar-refractivity contribution in [1.29, 1.82) is 0 Å². The molecule has 0 aliphatic rings. The maximum Gasteiger partial charge on any atom is 0.119 e. The van der Waals surface area contributed by atoms with Gasteiger partial charge in [0.05, 0.1) is 17.6 Å². The highest BCUT2D eigenvalue weighted by molar-refractivity contribution is 7.16. The Bertz CT molecular complexity index is 544. The Hall–Kier alpha value is -1.07. The van der Waals surface area contributed by atoms with E-state index in [1.165, 1.54) is 11.3 Å². The second-order valence-electron chi connectivity index (χ2n) is 4.21. The normalized spacial score (nSPS) is 14.1. The second-order valence-corrected chi connectivity index (χ2v) is 5.95. The van der Waals surface area contributed by atoms with Gasteiger partial charge >= 0.3 is 0 Å². The van der Waals surface area contributed by atoms with Gasteiger partial charge in [0.1, 0.15) is 5.75 Å². The molecule has 19 heavy (non-hydrogen) atoms. The zero-order valence-electron chi connectivity index (χ0n) is 10.5. The minimum atomic E-state index is -0.658. The average Bonchev–Trinajstić information content (AvgIpc) is 2.86. The minimum absolute atomic E-state index is 0.176. The largest absolute Gasteiger partial charge is 0.497 e. The molecule has 2 unspecified atom stereocenters. The summed E-state index contributed by atoms with van der Waals surface area (Å²) >= 11 is 7.27. The van der Waals surface area contributed by atoms with Gasteiger partial charge in [0.2, 0.25) is 0 Å². The van der Waals surface area contributed by atoms with Crippen molar-refractivity contribution < 1.29 is 9.84 Å². The molecule has 0 saturated carbocycles. The Morgan fingerprint density at radius 1 is 1.37 bits per heavy atom. The maximum atomic E-state index is 10.4. The van der Waals surface area contributed by atoms with E-state index >= 15 is 0 Å². The zero-order valence-corrected chi connectivity index (χ0v) is 12.1. The van der Waals surface area contributed by atoms with Crippen LogP contribution in [0.25, 0.3) is 0 Å². The van der Waals surface area contributed by atoms with Crippen molar-refractivity contribution in [2.45, 2.75) is 12.0 Å². The summed E-state index contributed by atoms with van der Waals surface area (Å²) in [6.45, 7) is 0.351. The molecule has 0 spiro atoms. The van der Waals surface area contributed by atoms with Gasteiger partial charge in [-0.25, -0.2) is 0 Å². The fourth-order valence-corrected chi connectivity index (χ4v) is 3.12. The van der Waals surface area contributed by atoms with Crippen LogP contribution in [0.15, 0.2) is 36.4 Å². The summed E-state index contributed by atoms with van der Waals surface area (Å²) in [5, 5.41) is 10.4. The van der Waals surface area contributed by atoms with E-state index < -0.39 is 6.10 Å². The lowest BCUT2D eigenvalue weighted by molar-refractivity contribution is 0.151. The van der Waals surface area contributed by atoms with Crippen molar-refractivity contribution in [2.75, 3.05) is 13.7 Å². The first-order valence-corrected chi connectivity index (χ1v) is 7.12. The Balaban J connectivity index is 2.28. The van der Waals surface area contributed by atoms with Crippen LogP contribution in [-0.4, -0.2) is 18.8 Å². The molecule has 0 aliphatic carbocycles. The lowest BCUT2D eigenvalue weighted by Gasteiger charge is -2.21. The van der Waals surface area contributed by atoms with Crippen molar-refractivity contribution >= 4 is 22.9 Å². The van der Waals surface area contributed by atoms with Gasteiger partial charge in [0.15, 0.2) is 0 Å². The summed E-state index contributed by atoms with van der Waals surface area (Å²) in [5.74, 6) is 0.581. The number of hydrogen-bond acceptors (Lipinski definition) is 4. The molecule has 0 radical (unpaired) electrons. The van der Waals surface area contributed by atoms with Crippen molar-refractivity contribution in [3.8, 4) is 5.75 Å². The number of ether oxygens (including phenoxy) is 1. The second kappa shape index (κ2) is 6.39. The predicted molar refractivity (Wildman–Crippen MR) is 79.1 cm³/mol. The highest BCUT2D eigenvalue weighted by atomic mass is 35.5. The van der Waals surface area contributed by atoms with Gasteiger partial charge in [-0.3, -0.25) is 0 Å². The third-order valence-corrected chi connectivity index (χ3v) is 4.34. The number of rotatable bonds is 5. The molecule has 0 fully saturated rings. The summed E-state index contributed by atoms with van der Waals surface area (Å²) in [6.07, 6.45) is -0.658. The number of halogens is 1. The molecule has 0 amide bonds. The van der Waals surface area contributed by atoms with E-state index in [2.05, 4.69) is 0 Å². The van der Waals surface area contributed by atoms with Crippen LogP contribution in [0, 0.1) is 0 Å². The van der Waals surface area contributed by atoms with Crippen molar-refractivity contribution in [3.63, 3.8) is 0 Å². The van der Waals surface area contributed by atoms with E-state index in [-0.39, 0.29) is 5.92 Å². The Kier molecular flexibility index (Phi) is 4.82. The third kappa shape index (κ3) is 3.28. The minimum Gasteiger partial charge on any atom is -0.497 e. The fraction of sp³-hybridized carbons (Fsp3) is 0.286. The van der Waals surface area contributed by atoms with Crippen LogP contribution in [0.3, 0.4) is 0 Å². The van der Waals surface area contributed by atoms with E-state index in [0.29, 0.717) is 10.9 Å². The molecule has 1 aromatic carbocycles. The average molecular weight is 298 g/mol. The monoisotopic (exact) mass is 297 g/mol. The van der Waals surface area contributed by atoms with Crippen molar-refractivity contribution in [1.82, 2.24) is 0 Å². The predicted octanol–water partition coefficient (Wildman–Crippen LogP) is 3.19. The SMILES string of the molecule is COc1cccc(C(CN)C(O)c2ccc(Cl)s2)c1. The first-order valence-electron chi connectivity index (χ1n) is 5.93. The van der Waals surface area contributed by atoms with E-state index in [4.69, 9.17) is 22.1 Å². The third-order valence-electron chi connectivity index (χ3n) is 3.04. The number of benzene rings is 1. The van der Waals surface area contributed by atoms with E-state index in [0.717, 1.165) is 16.2 Å². The summed E-state index contributed by atoms with van der Waals surface area (Å²) in [5.41, 5.74) is 6.77. The molecule has 102 valence electrons. The molecular weight excluding hydrogens is 282 g/mol. The lowest BCUT2D eigenvalue weighted by atomic mass is 9.92. The van der Waals surface area contributed by atoms with E-state index in [1.807, 2.05) is 30.3 Å². The molecular formula is C14H16ClNO2S. The molecule has 2 aromatic rings. The number of hydrogen-bond donors (Lipinski definition) is 2. The van der Waals surface area contributed by atoms with E-state index in [9.17, 15) is 5.11 Å². The standard InChI is InChI=1S/C14H16ClNO2S/c1-18-10-4-2-3-9(7-10)11(8-16)14(17)12-5-6-13(15)19-12/h2-7,11,14,17H,8,16H2,1H3. The molecule has 1 heterocycles. The molecule has 3 N–H and O–H groups in total. The van der Waals surface area contributed by atoms with Crippen LogP contribution in [0.1, 0.15) is 22.5 Å². The Morgan fingerprint density at radius 2 is 2.16 bits per heavy atom. The van der Waals surface area contributed by atoms with Gasteiger partial charge in [0, 0.05) is 17.3 Å². The van der Waals surface area contributed by atoms with E-state index in [1.54, 1.807) is 13.2 Å². The molecule has 2 rings (SSSR count). The van der Waals surface area contributed by atoms with Gasteiger partial charge in [-0.2, -0.15) is 0 Å². The van der Waals surface area contributed by atoms with Gasteiger partial charge < -0.3 is 15.6 Å². The van der Waals surface area contributed by atoms with Crippen LogP contribution in [0.2, 0.25) is 4.34 Å². The lowest BCUT2D eigenvalue weighted by Crippen LogP contribution is -2.19. The van der Waals surface area contributed by atoms with Crippen LogP contribution >= 0.6 is 22.9 Å². The maximum absolute atomic E-state index is 10.4. The summed E-state index contributed by atoms with van der Waals surface area (Å²) < 4.78 is 5.86. The van der Waals surface area contributed by atoms with Gasteiger partial charge in [0.25, 0.3) is 0 Å². The van der Waals surface area contributed by atoms with Crippen molar-refractivity contribution in [2.24, 2.45) is 5.73 Å². The topological polar surface area (TPSA) is 55.5 Å². The summed E-state index contributed by atoms with van der Waals surface area (Å²) in [7, 11) is 1.62. The number of methoxy groups -OCH3 is 1. The smallest absolute Gasteiger partial charge is 0.119 e. The van der Waals surface area contributed by atoms with Crippen LogP contribution in [-0.2, 0) is 0 Å². The highest BCUT2D eigenvalue weighted by Gasteiger charge is 2.23. The molecule has 2 atom stereocenters. The number of nitrogens with two attached hydrogens (primary N) is 1. The number of aliphatic hydroxyl groups is 1. The number of thiophene rings is 1. The molecule has 1 aromatic heterocycles. The molecule has 5 heteroatoms. The first kappa shape index (κ1) is 14.3. The first-order chi connectivity index (χ1) is 9.15. The van der Waals surface area contributed by atoms with Crippen LogP contribution in [0.4, 0.5) is 0 Å². The molecule has 0 bridgehead atoms. The van der Waals surface area contributed by atoms with Crippen LogP contribution < -0.4 is 10.5 Å². The molecule has 3 nitrogen and oxygen atoms in total. The number of aliphatic hydroxyl groups excluding tert-OH is 1. The quantitative estimate of drug-likeness (QED) is 0.891. The zero-order chi connectivity index (χ0) is 13.8. The van der Waals surface area contributed by atoms with Crippen LogP contribution in [0.5, 0.6) is 5.75 Å². The highest BCUT2D eigenvalue weighted by Crippen LogP contribution is 2.36. The summed E-state index contributed by atoms with van der Waals surface area (Å²) in [4.78, 5) is 0.822. The van der Waals surface area contributed by atoms with Crippen molar-refractivity contribution in [3.05, 3.63) is 51.2 Å². The molecule has 0 aliphatic heterocycles. The summed E-state index contributed by atoms with van der Waals surface area (Å²) in [6, 6.07) is 11.2. The molecule has 0 saturated heterocycles. The van der Waals surface area contributed by atoms with Gasteiger partial charge in [-0.1, -0.05) is 23.7 Å². The van der Waals surface area contributed by atoms with Gasteiger partial charge in [-0.05, 0) is 29.8 Å².